The molecule has 2 aromatic rings. The van der Waals surface area contributed by atoms with Crippen molar-refractivity contribution < 1.29 is 14.3 Å². The maximum Gasteiger partial charge on any atom is 0.410 e. The van der Waals surface area contributed by atoms with Crippen LogP contribution < -0.4 is 5.32 Å². The zero-order valence-corrected chi connectivity index (χ0v) is 21.4. The third-order valence-electron chi connectivity index (χ3n) is 6.49. The van der Waals surface area contributed by atoms with E-state index in [1.807, 2.05) is 44.4 Å². The fourth-order valence-corrected chi connectivity index (χ4v) is 4.43. The van der Waals surface area contributed by atoms with E-state index < -0.39 is 0 Å². The SMILES string of the molecule is Cc1cc(NC2CCN(C(=O)OC3CN(C(=O)C=CCN(C)C)C3)CC2)c2ncn(C(C)C)c2n1. The van der Waals surface area contributed by atoms with E-state index in [1.54, 1.807) is 15.9 Å². The number of carbonyl (C=O) groups excluding carboxylic acids is 2. The van der Waals surface area contributed by atoms with Crippen molar-refractivity contribution in [2.24, 2.45) is 0 Å². The molecule has 2 fully saturated rings. The molecule has 0 aromatic carbocycles. The third-order valence-corrected chi connectivity index (χ3v) is 6.49. The van der Waals surface area contributed by atoms with Gasteiger partial charge in [0.1, 0.15) is 11.6 Å². The normalized spacial score (nSPS) is 17.6. The molecule has 190 valence electrons. The minimum absolute atomic E-state index is 0.0373. The minimum atomic E-state index is -0.290. The van der Waals surface area contributed by atoms with Gasteiger partial charge in [-0.25, -0.2) is 14.8 Å². The number of carbonyl (C=O) groups is 2. The van der Waals surface area contributed by atoms with Crippen LogP contribution in [0, 0.1) is 6.92 Å². The number of ether oxygens (including phenoxy) is 1. The Bertz CT molecular complexity index is 1080. The van der Waals surface area contributed by atoms with E-state index in [0.717, 1.165) is 41.9 Å². The molecule has 0 saturated carbocycles. The number of likely N-dealkylation sites (tertiary alicyclic amines) is 2. The van der Waals surface area contributed by atoms with Crippen molar-refractivity contribution >= 4 is 28.9 Å². The minimum Gasteiger partial charge on any atom is -0.442 e. The molecular weight excluding hydrogens is 446 g/mol. The van der Waals surface area contributed by atoms with Gasteiger partial charge in [-0.05, 0) is 53.8 Å². The number of hydrogen-bond acceptors (Lipinski definition) is 7. The second kappa shape index (κ2) is 10.6. The first-order valence-electron chi connectivity index (χ1n) is 12.4. The number of imidazole rings is 1. The number of amides is 2. The van der Waals surface area contributed by atoms with Gasteiger partial charge in [-0.2, -0.15) is 0 Å². The summed E-state index contributed by atoms with van der Waals surface area (Å²) in [7, 11) is 3.90. The van der Waals surface area contributed by atoms with Gasteiger partial charge in [0.2, 0.25) is 5.91 Å². The summed E-state index contributed by atoms with van der Waals surface area (Å²) in [5.41, 5.74) is 3.72. The highest BCUT2D eigenvalue weighted by molar-refractivity contribution is 5.88. The number of anilines is 1. The van der Waals surface area contributed by atoms with Crippen molar-refractivity contribution in [3.05, 3.63) is 30.2 Å². The molecule has 0 spiro atoms. The molecule has 0 unspecified atom stereocenters. The lowest BCUT2D eigenvalue weighted by atomic mass is 10.0. The van der Waals surface area contributed by atoms with E-state index in [0.29, 0.717) is 26.2 Å². The molecule has 2 aromatic heterocycles. The van der Waals surface area contributed by atoms with Crippen molar-refractivity contribution in [2.45, 2.75) is 51.8 Å². The van der Waals surface area contributed by atoms with Gasteiger partial charge in [-0.1, -0.05) is 6.08 Å². The van der Waals surface area contributed by atoms with E-state index in [4.69, 9.17) is 4.74 Å². The van der Waals surface area contributed by atoms with Crippen molar-refractivity contribution in [2.75, 3.05) is 52.1 Å². The summed E-state index contributed by atoms with van der Waals surface area (Å²) in [5.74, 6) is -0.0373. The second-order valence-corrected chi connectivity index (χ2v) is 10.0. The summed E-state index contributed by atoms with van der Waals surface area (Å²) in [6, 6.07) is 2.58. The molecule has 4 rings (SSSR count). The van der Waals surface area contributed by atoms with Gasteiger partial charge in [0.15, 0.2) is 5.65 Å². The highest BCUT2D eigenvalue weighted by Gasteiger charge is 2.34. The Labute approximate surface area is 206 Å². The smallest absolute Gasteiger partial charge is 0.410 e. The van der Waals surface area contributed by atoms with Crippen LogP contribution in [0.5, 0.6) is 0 Å². The topological polar surface area (TPSA) is 95.8 Å². The van der Waals surface area contributed by atoms with Crippen LogP contribution in [0.3, 0.4) is 0 Å². The standard InChI is InChI=1S/C25H37N7O3/c1-17(2)32-16-26-23-21(13-18(3)27-24(23)32)28-19-8-11-30(12-9-19)25(34)35-20-14-31(15-20)22(33)7-6-10-29(4)5/h6-7,13,16-17,19-20H,8-12,14-15H2,1-5H3,(H,27,28). The summed E-state index contributed by atoms with van der Waals surface area (Å²) in [4.78, 5) is 39.5. The number of aromatic nitrogens is 3. The largest absolute Gasteiger partial charge is 0.442 e. The molecule has 2 aliphatic rings. The first-order chi connectivity index (χ1) is 16.7. The number of likely N-dealkylation sites (N-methyl/N-ethyl adjacent to an activating group) is 1. The Hall–Kier alpha value is -3.14. The van der Waals surface area contributed by atoms with Gasteiger partial charge < -0.3 is 29.3 Å². The number of fused-ring (bicyclic) bond motifs is 1. The van der Waals surface area contributed by atoms with Gasteiger partial charge in [0.25, 0.3) is 0 Å². The third kappa shape index (κ3) is 5.93. The Morgan fingerprint density at radius 1 is 1.23 bits per heavy atom. The van der Waals surface area contributed by atoms with Crippen LogP contribution in [0.25, 0.3) is 11.2 Å². The molecule has 2 aliphatic heterocycles. The van der Waals surface area contributed by atoms with Crippen molar-refractivity contribution in [1.82, 2.24) is 29.2 Å². The molecule has 0 bridgehead atoms. The predicted molar refractivity (Wildman–Crippen MR) is 135 cm³/mol. The Morgan fingerprint density at radius 2 is 1.94 bits per heavy atom. The lowest BCUT2D eigenvalue weighted by molar-refractivity contribution is -0.136. The number of piperidine rings is 1. The first-order valence-corrected chi connectivity index (χ1v) is 12.4. The van der Waals surface area contributed by atoms with E-state index in [1.165, 1.54) is 0 Å². The van der Waals surface area contributed by atoms with Crippen LogP contribution in [0.15, 0.2) is 24.5 Å². The molecule has 2 saturated heterocycles. The summed E-state index contributed by atoms with van der Waals surface area (Å²) in [6.45, 7) is 9.13. The van der Waals surface area contributed by atoms with Crippen LogP contribution in [0.4, 0.5) is 10.5 Å². The molecule has 10 heteroatoms. The molecule has 10 nitrogen and oxygen atoms in total. The molecule has 4 heterocycles. The number of hydrogen-bond donors (Lipinski definition) is 1. The van der Waals surface area contributed by atoms with E-state index in [2.05, 4.69) is 33.7 Å². The molecule has 2 amide bonds. The van der Waals surface area contributed by atoms with E-state index in [-0.39, 0.29) is 30.2 Å². The maximum absolute atomic E-state index is 12.6. The van der Waals surface area contributed by atoms with E-state index in [9.17, 15) is 9.59 Å². The molecule has 35 heavy (non-hydrogen) atoms. The van der Waals surface area contributed by atoms with Crippen LogP contribution in [0.1, 0.15) is 38.4 Å². The Balaban J connectivity index is 1.24. The average Bonchev–Trinajstić information content (AvgIpc) is 3.20. The van der Waals surface area contributed by atoms with Gasteiger partial charge in [-0.3, -0.25) is 4.79 Å². The number of nitrogens with one attached hydrogen (secondary N) is 1. The Kier molecular flexibility index (Phi) is 7.59. The van der Waals surface area contributed by atoms with Crippen LogP contribution >= 0.6 is 0 Å². The second-order valence-electron chi connectivity index (χ2n) is 10.0. The first kappa shape index (κ1) is 25.0. The van der Waals surface area contributed by atoms with Crippen LogP contribution in [0.2, 0.25) is 0 Å². The lowest BCUT2D eigenvalue weighted by Crippen LogP contribution is -2.56. The molecule has 0 atom stereocenters. The molecule has 1 N–H and O–H groups in total. The summed E-state index contributed by atoms with van der Waals surface area (Å²) in [5, 5.41) is 3.63. The number of nitrogens with zero attached hydrogens (tertiary/aromatic N) is 6. The van der Waals surface area contributed by atoms with Crippen molar-refractivity contribution in [3.8, 4) is 0 Å². The van der Waals surface area contributed by atoms with Crippen molar-refractivity contribution in [3.63, 3.8) is 0 Å². The lowest BCUT2D eigenvalue weighted by Gasteiger charge is -2.39. The number of rotatable bonds is 7. The fourth-order valence-electron chi connectivity index (χ4n) is 4.43. The Morgan fingerprint density at radius 3 is 2.60 bits per heavy atom. The summed E-state index contributed by atoms with van der Waals surface area (Å²) in [6.07, 6.45) is 6.41. The monoisotopic (exact) mass is 483 g/mol. The quantitative estimate of drug-likeness (QED) is 0.605. The number of aryl methyl sites for hydroxylation is 1. The molecule has 0 radical (unpaired) electrons. The highest BCUT2D eigenvalue weighted by Crippen LogP contribution is 2.26. The predicted octanol–water partition coefficient (Wildman–Crippen LogP) is 2.66. The summed E-state index contributed by atoms with van der Waals surface area (Å²) >= 11 is 0. The molecule has 0 aliphatic carbocycles. The maximum atomic E-state index is 12.6. The summed E-state index contributed by atoms with van der Waals surface area (Å²) < 4.78 is 7.70. The molecular formula is C25H37N7O3. The highest BCUT2D eigenvalue weighted by atomic mass is 16.6. The van der Waals surface area contributed by atoms with Crippen molar-refractivity contribution in [1.29, 1.82) is 0 Å². The number of pyridine rings is 1. The van der Waals surface area contributed by atoms with Crippen LogP contribution in [-0.2, 0) is 9.53 Å². The van der Waals surface area contributed by atoms with Gasteiger partial charge in [0.05, 0.1) is 25.1 Å². The van der Waals surface area contributed by atoms with E-state index >= 15 is 0 Å². The van der Waals surface area contributed by atoms with Crippen LogP contribution in [-0.4, -0.2) is 100 Å². The van der Waals surface area contributed by atoms with Gasteiger partial charge >= 0.3 is 6.09 Å². The zero-order chi connectivity index (χ0) is 25.1. The average molecular weight is 484 g/mol. The zero-order valence-electron chi connectivity index (χ0n) is 21.4. The fraction of sp³-hybridized carbons (Fsp3) is 0.600. The van der Waals surface area contributed by atoms with Gasteiger partial charge in [0, 0.05) is 43.5 Å². The van der Waals surface area contributed by atoms with Gasteiger partial charge in [-0.15, -0.1) is 0 Å².